The molecule has 1 heterocycles. The Morgan fingerprint density at radius 3 is 2.39 bits per heavy atom. The van der Waals surface area contributed by atoms with Crippen LogP contribution >= 0.6 is 0 Å². The number of benzene rings is 2. The minimum atomic E-state index is -2.45. The Balaban J connectivity index is 2.35. The van der Waals surface area contributed by atoms with E-state index in [1.54, 1.807) is 48.9 Å². The molecule has 0 aliphatic rings. The van der Waals surface area contributed by atoms with Gasteiger partial charge in [0.1, 0.15) is 7.05 Å². The van der Waals surface area contributed by atoms with Gasteiger partial charge in [0.15, 0.2) is 6.20 Å². The van der Waals surface area contributed by atoms with Gasteiger partial charge in [-0.3, -0.25) is 0 Å². The third kappa shape index (κ3) is 2.79. The maximum absolute atomic E-state index is 8.03. The Labute approximate surface area is 151 Å². The minimum absolute atomic E-state index is 0.0669. The summed E-state index contributed by atoms with van der Waals surface area (Å²) in [5.41, 5.74) is 3.01. The van der Waals surface area contributed by atoms with Crippen molar-refractivity contribution in [3.63, 3.8) is 0 Å². The Hall–Kier alpha value is -2.41. The van der Waals surface area contributed by atoms with Crippen LogP contribution in [-0.2, 0) is 7.05 Å². The highest BCUT2D eigenvalue weighted by Crippen LogP contribution is 2.34. The van der Waals surface area contributed by atoms with Crippen LogP contribution in [0.15, 0.2) is 54.7 Å². The lowest BCUT2D eigenvalue weighted by atomic mass is 9.89. The molecule has 1 heteroatoms. The van der Waals surface area contributed by atoms with Gasteiger partial charge >= 0.3 is 0 Å². The van der Waals surface area contributed by atoms with Crippen molar-refractivity contribution in [3.8, 4) is 22.4 Å². The normalized spacial score (nSPS) is 18.3. The second-order valence-electron chi connectivity index (χ2n) is 5.62. The number of hydrogen-bond acceptors (Lipinski definition) is 0. The maximum atomic E-state index is 8.03. The van der Waals surface area contributed by atoms with Gasteiger partial charge in [-0.2, -0.15) is 0 Å². The number of hydrogen-bond donors (Lipinski definition) is 0. The molecule has 0 atom stereocenters. The van der Waals surface area contributed by atoms with Crippen LogP contribution in [0.25, 0.3) is 22.4 Å². The van der Waals surface area contributed by atoms with Crippen LogP contribution in [0.4, 0.5) is 0 Å². The predicted octanol–water partition coefficient (Wildman–Crippen LogP) is 5.08. The van der Waals surface area contributed by atoms with Crippen LogP contribution in [0, 0.1) is 27.5 Å². The molecular weight excluding hydrogens is 278 g/mol. The molecule has 0 fully saturated rings. The van der Waals surface area contributed by atoms with Crippen molar-refractivity contribution in [3.05, 3.63) is 77.0 Å². The van der Waals surface area contributed by atoms with Crippen LogP contribution in [0.3, 0.4) is 0 Å². The van der Waals surface area contributed by atoms with Crippen molar-refractivity contribution in [1.82, 2.24) is 0 Å². The molecule has 0 spiro atoms. The van der Waals surface area contributed by atoms with Gasteiger partial charge in [0, 0.05) is 29.5 Å². The molecule has 1 aromatic heterocycles. The molecule has 0 radical (unpaired) electrons. The number of pyridine rings is 1. The summed E-state index contributed by atoms with van der Waals surface area (Å²) < 4.78 is 72.4. The fourth-order valence-electron chi connectivity index (χ4n) is 2.92. The zero-order valence-corrected chi connectivity index (χ0v) is 13.1. The second-order valence-corrected chi connectivity index (χ2v) is 5.62. The standard InChI is InChI=1S/C22H24N/c1-15-10-13-21(23(5)14-15)20-12-11-17(3)22(18(20)4)19-9-7-6-8-16(19)2/h6-14H,1-5H3/q+1/i1D3,2D3,3D3. The first-order valence-corrected chi connectivity index (χ1v) is 7.37. The van der Waals surface area contributed by atoms with Crippen molar-refractivity contribution >= 4 is 0 Å². The Morgan fingerprint density at radius 1 is 0.826 bits per heavy atom. The van der Waals surface area contributed by atoms with Crippen LogP contribution in [0.5, 0.6) is 0 Å². The lowest BCUT2D eigenvalue weighted by Gasteiger charge is -2.15. The van der Waals surface area contributed by atoms with Crippen molar-refractivity contribution in [2.45, 2.75) is 27.5 Å². The quantitative estimate of drug-likeness (QED) is 0.581. The van der Waals surface area contributed by atoms with Crippen LogP contribution in [-0.4, -0.2) is 0 Å². The highest BCUT2D eigenvalue weighted by molar-refractivity contribution is 5.80. The van der Waals surface area contributed by atoms with E-state index in [1.807, 2.05) is 0 Å². The van der Waals surface area contributed by atoms with Gasteiger partial charge in [-0.05, 0) is 67.4 Å². The smallest absolute Gasteiger partial charge is 0.201 e. The number of nitrogens with zero attached hydrogens (tertiary/aromatic N) is 1. The average Bonchev–Trinajstić information content (AvgIpc) is 2.66. The monoisotopic (exact) mass is 311 g/mol. The minimum Gasteiger partial charge on any atom is -0.201 e. The highest BCUT2D eigenvalue weighted by Gasteiger charge is 2.17. The SMILES string of the molecule is [2H]C([2H])([2H])c1ccc(-c2ccc(C([2H])([2H])[2H])c(-c3ccccc3C([2H])([2H])[2H])c2C)[n+](C)c1. The summed E-state index contributed by atoms with van der Waals surface area (Å²) in [4.78, 5) is 0. The van der Waals surface area contributed by atoms with Gasteiger partial charge < -0.3 is 0 Å². The highest BCUT2D eigenvalue weighted by atomic mass is 14.9. The Bertz CT molecular complexity index is 1160. The topological polar surface area (TPSA) is 3.88 Å². The number of rotatable bonds is 2. The van der Waals surface area contributed by atoms with Crippen molar-refractivity contribution in [1.29, 1.82) is 0 Å². The van der Waals surface area contributed by atoms with E-state index in [1.165, 1.54) is 24.4 Å². The molecule has 0 unspecified atom stereocenters. The fourth-order valence-corrected chi connectivity index (χ4v) is 2.92. The molecule has 0 saturated heterocycles. The lowest BCUT2D eigenvalue weighted by Crippen LogP contribution is -2.31. The summed E-state index contributed by atoms with van der Waals surface area (Å²) in [5.74, 6) is 0. The summed E-state index contributed by atoms with van der Waals surface area (Å²) >= 11 is 0. The summed E-state index contributed by atoms with van der Waals surface area (Å²) in [7, 11) is 1.72. The van der Waals surface area contributed by atoms with E-state index in [4.69, 9.17) is 12.3 Å². The molecular formula is C22H24N+. The van der Waals surface area contributed by atoms with E-state index < -0.39 is 20.6 Å². The van der Waals surface area contributed by atoms with E-state index in [2.05, 4.69) is 0 Å². The molecule has 3 rings (SSSR count). The molecule has 0 N–H and O–H groups in total. The predicted molar refractivity (Wildman–Crippen MR) is 97.4 cm³/mol. The second kappa shape index (κ2) is 6.00. The number of aromatic nitrogens is 1. The molecule has 0 amide bonds. The largest absolute Gasteiger partial charge is 0.212 e. The molecule has 0 bridgehead atoms. The Morgan fingerprint density at radius 2 is 1.65 bits per heavy atom. The maximum Gasteiger partial charge on any atom is 0.212 e. The summed E-state index contributed by atoms with van der Waals surface area (Å²) in [6, 6.07) is 12.8. The first kappa shape index (κ1) is 7.92. The molecule has 1 nitrogen and oxygen atoms in total. The first-order valence-electron chi connectivity index (χ1n) is 11.9. The number of aryl methyl sites for hydroxylation is 4. The first-order chi connectivity index (χ1) is 14.6. The van der Waals surface area contributed by atoms with Crippen LogP contribution in [0.2, 0.25) is 0 Å². The summed E-state index contributed by atoms with van der Waals surface area (Å²) in [6.45, 7) is -5.36. The Kier molecular flexibility index (Phi) is 2.07. The molecule has 0 saturated carbocycles. The molecule has 0 aliphatic carbocycles. The van der Waals surface area contributed by atoms with Crippen molar-refractivity contribution < 1.29 is 16.9 Å². The van der Waals surface area contributed by atoms with E-state index in [0.717, 1.165) is 0 Å². The zero-order chi connectivity index (χ0) is 24.1. The molecule has 0 aliphatic heterocycles. The van der Waals surface area contributed by atoms with Gasteiger partial charge in [-0.15, -0.1) is 0 Å². The lowest BCUT2D eigenvalue weighted by molar-refractivity contribution is -0.660. The summed E-state index contributed by atoms with van der Waals surface area (Å²) in [6.07, 6.45) is 1.52. The van der Waals surface area contributed by atoms with Gasteiger partial charge in [0.25, 0.3) is 0 Å². The van der Waals surface area contributed by atoms with Gasteiger partial charge in [0.05, 0.1) is 0 Å². The van der Waals surface area contributed by atoms with Crippen LogP contribution < -0.4 is 4.57 Å². The average molecular weight is 311 g/mol. The van der Waals surface area contributed by atoms with Gasteiger partial charge in [-0.25, -0.2) is 4.57 Å². The molecule has 2 aromatic carbocycles. The van der Waals surface area contributed by atoms with Crippen molar-refractivity contribution in [2.75, 3.05) is 0 Å². The van der Waals surface area contributed by atoms with Gasteiger partial charge in [0.2, 0.25) is 5.69 Å². The van der Waals surface area contributed by atoms with E-state index in [0.29, 0.717) is 27.9 Å². The summed E-state index contributed by atoms with van der Waals surface area (Å²) in [5, 5.41) is 0. The third-order valence-corrected chi connectivity index (χ3v) is 4.07. The fraction of sp³-hybridized carbons (Fsp3) is 0.227. The van der Waals surface area contributed by atoms with E-state index >= 15 is 0 Å². The van der Waals surface area contributed by atoms with Gasteiger partial charge in [-0.1, -0.05) is 30.3 Å². The molecule has 3 aromatic rings. The van der Waals surface area contributed by atoms with E-state index in [9.17, 15) is 0 Å². The van der Waals surface area contributed by atoms with E-state index in [-0.39, 0.29) is 16.7 Å². The van der Waals surface area contributed by atoms with Crippen LogP contribution in [0.1, 0.15) is 34.6 Å². The zero-order valence-electron chi connectivity index (χ0n) is 22.1. The molecule has 23 heavy (non-hydrogen) atoms. The van der Waals surface area contributed by atoms with Crippen molar-refractivity contribution in [2.24, 2.45) is 7.05 Å². The third-order valence-electron chi connectivity index (χ3n) is 4.07. The molecule has 116 valence electrons.